The van der Waals surface area contributed by atoms with E-state index in [4.69, 9.17) is 0 Å². The molecule has 0 aromatic rings. The first-order valence-corrected chi connectivity index (χ1v) is 0. The van der Waals surface area contributed by atoms with Gasteiger partial charge in [0.1, 0.15) is 0 Å². The van der Waals surface area contributed by atoms with E-state index >= 15 is 0 Å². The molecule has 0 aliphatic heterocycles. The molecule has 0 unspecified atom stereocenters. The second-order valence-electron chi connectivity index (χ2n) is 0. The molecule has 0 heterocycles. The van der Waals surface area contributed by atoms with E-state index < -0.39 is 0 Å². The first-order chi connectivity index (χ1) is 0. The predicted octanol–water partition coefficient (Wildman–Crippen LogP) is 0.608. The topological polar surface area (TPSA) is 0 Å². The average molecular weight is 371 g/mol. The van der Waals surface area contributed by atoms with Gasteiger partial charge in [0.15, 0.2) is 0 Å². The second-order valence-corrected chi connectivity index (χ2v) is 0. The molecule has 0 rings (SSSR count). The molecule has 0 fully saturated rings. The van der Waals surface area contributed by atoms with Crippen molar-refractivity contribution in [2.45, 2.75) is 0 Å². The van der Waals surface area contributed by atoms with Gasteiger partial charge in [-0.3, -0.25) is 0 Å². The number of rotatable bonds is 0. The molecular weight excluding hydrogens is 370 g/mol. The zero-order valence-corrected chi connectivity index (χ0v) is 10.6. The molecule has 37 valence electrons. The monoisotopic (exact) mass is 369 g/mol. The van der Waals surface area contributed by atoms with Crippen LogP contribution >= 0.6 is 24.0 Å². The van der Waals surface area contributed by atoms with Gasteiger partial charge in [-0.1, -0.05) is 0 Å². The van der Waals surface area contributed by atoms with Crippen molar-refractivity contribution in [1.82, 2.24) is 0 Å². The predicted molar refractivity (Wildman–Crippen MR) is 15.4 cm³/mol. The van der Waals surface area contributed by atoms with Crippen LogP contribution in [0.3, 0.4) is 0 Å². The summed E-state index contributed by atoms with van der Waals surface area (Å²) in [5.74, 6) is 0. The third-order valence-corrected chi connectivity index (χ3v) is 0. The van der Waals surface area contributed by atoms with Crippen molar-refractivity contribution in [2.24, 2.45) is 0 Å². The van der Waals surface area contributed by atoms with Crippen molar-refractivity contribution in [3.63, 3.8) is 0 Å². The summed E-state index contributed by atoms with van der Waals surface area (Å²) in [7, 11) is 0. The Balaban J connectivity index is 0. The first kappa shape index (κ1) is 44.7. The summed E-state index contributed by atoms with van der Waals surface area (Å²) in [6.07, 6.45) is 0. The maximum absolute atomic E-state index is 0. The van der Waals surface area contributed by atoms with Crippen LogP contribution in [-0.2, 0) is 70.4 Å². The molecule has 0 aromatic carbocycles. The Morgan fingerprint density at radius 1 is 1.00 bits per heavy atom. The zero-order valence-electron chi connectivity index (χ0n) is 2.13. The Hall–Kier alpha value is 2.90. The Morgan fingerprint density at radius 2 is 1.00 bits per heavy atom. The van der Waals surface area contributed by atoms with Crippen molar-refractivity contribution in [3.8, 4) is 0 Å². The smallest absolute Gasteiger partial charge is 0 e. The van der Waals surface area contributed by atoms with Crippen molar-refractivity contribution >= 4 is 24.0 Å². The summed E-state index contributed by atoms with van der Waals surface area (Å²) in [5, 5.41) is 0. The molecule has 0 N–H and O–H groups in total. The molecule has 3 radical (unpaired) electrons. The van der Waals surface area contributed by atoms with Gasteiger partial charge in [0.25, 0.3) is 0 Å². The van der Waals surface area contributed by atoms with Crippen LogP contribution in [0, 0.1) is 0 Å². The van der Waals surface area contributed by atoms with Crippen LogP contribution in [0.4, 0.5) is 0 Å². The summed E-state index contributed by atoms with van der Waals surface area (Å²) in [6, 6.07) is 0. The molecule has 0 nitrogen and oxygen atoms in total. The van der Waals surface area contributed by atoms with Crippen LogP contribution in [-0.4, -0.2) is 0 Å². The van der Waals surface area contributed by atoms with Crippen molar-refractivity contribution in [1.29, 1.82) is 0 Å². The molecular formula is HCoCuIMnZn. The molecule has 5 heavy (non-hydrogen) atoms. The maximum Gasteiger partial charge on any atom is 0 e. The van der Waals surface area contributed by atoms with E-state index in [1.807, 2.05) is 0 Å². The van der Waals surface area contributed by atoms with Crippen LogP contribution in [0.5, 0.6) is 0 Å². The van der Waals surface area contributed by atoms with Gasteiger partial charge in [0.2, 0.25) is 0 Å². The fraction of sp³-hybridized carbons (Fsp3) is 0. The van der Waals surface area contributed by atoms with E-state index in [1.54, 1.807) is 0 Å². The molecule has 5 heteroatoms. The normalized spacial score (nSPS) is 0. The largest absolute Gasteiger partial charge is 0.107 e. The van der Waals surface area contributed by atoms with Gasteiger partial charge in [-0.05, 0) is 0 Å². The SMILES string of the molecule is I.[Co].[Cu].[Mn].[Zn]. The standard InChI is InChI=1S/Co.Cu.HI.Mn.Zn/h;;1H;;. The molecule has 0 aromatic heterocycles. The Kier molecular flexibility index (Phi) is 256. The van der Waals surface area contributed by atoms with Gasteiger partial charge in [0, 0.05) is 70.4 Å². The molecule has 0 saturated heterocycles. The fourth-order valence-electron chi connectivity index (χ4n) is 0. The Labute approximate surface area is 92.9 Å². The quantitative estimate of drug-likeness (QED) is 0.433. The van der Waals surface area contributed by atoms with Crippen molar-refractivity contribution < 1.29 is 70.4 Å². The van der Waals surface area contributed by atoms with Crippen molar-refractivity contribution in [2.75, 3.05) is 0 Å². The number of hydrogen-bond acceptors (Lipinski definition) is 0. The second kappa shape index (κ2) is 28.6. The van der Waals surface area contributed by atoms with Gasteiger partial charge in [-0.15, -0.1) is 24.0 Å². The molecule has 0 aliphatic carbocycles. The average Bonchev–Trinajstić information content (AvgIpc) is 0. The minimum absolute atomic E-state index is 0. The number of hydrogen-bond donors (Lipinski definition) is 0. The Bertz CT molecular complexity index is 11.6. The van der Waals surface area contributed by atoms with Gasteiger partial charge >= 0.3 is 0 Å². The van der Waals surface area contributed by atoms with Crippen LogP contribution in [0.2, 0.25) is 0 Å². The van der Waals surface area contributed by atoms with Gasteiger partial charge in [-0.25, -0.2) is 0 Å². The molecule has 0 spiro atoms. The minimum atomic E-state index is 0. The molecule has 0 atom stereocenters. The summed E-state index contributed by atoms with van der Waals surface area (Å²) in [4.78, 5) is 0. The summed E-state index contributed by atoms with van der Waals surface area (Å²) < 4.78 is 0. The summed E-state index contributed by atoms with van der Waals surface area (Å²) in [6.45, 7) is 0. The van der Waals surface area contributed by atoms with Crippen LogP contribution < -0.4 is 0 Å². The van der Waals surface area contributed by atoms with E-state index in [0.717, 1.165) is 0 Å². The Morgan fingerprint density at radius 3 is 1.00 bits per heavy atom. The third-order valence-electron chi connectivity index (χ3n) is 0. The van der Waals surface area contributed by atoms with E-state index in [-0.39, 0.29) is 94.4 Å². The van der Waals surface area contributed by atoms with Gasteiger partial charge < -0.3 is 0 Å². The summed E-state index contributed by atoms with van der Waals surface area (Å²) in [5.41, 5.74) is 0. The van der Waals surface area contributed by atoms with E-state index in [9.17, 15) is 0 Å². The fourth-order valence-corrected chi connectivity index (χ4v) is 0. The zero-order chi connectivity index (χ0) is 0. The van der Waals surface area contributed by atoms with Crippen LogP contribution in [0.15, 0.2) is 0 Å². The third kappa shape index (κ3) is 19.7. The molecule has 0 amide bonds. The molecule has 0 aliphatic rings. The van der Waals surface area contributed by atoms with Gasteiger partial charge in [0.05, 0.1) is 0 Å². The van der Waals surface area contributed by atoms with E-state index in [1.165, 1.54) is 0 Å². The van der Waals surface area contributed by atoms with Crippen molar-refractivity contribution in [3.05, 3.63) is 0 Å². The van der Waals surface area contributed by atoms with Crippen LogP contribution in [0.25, 0.3) is 0 Å². The summed E-state index contributed by atoms with van der Waals surface area (Å²) >= 11 is 0. The molecule has 0 saturated carbocycles. The first-order valence-electron chi connectivity index (χ1n) is 0. The minimum Gasteiger partial charge on any atom is -0.107 e. The van der Waals surface area contributed by atoms with Crippen LogP contribution in [0.1, 0.15) is 0 Å². The molecule has 0 bridgehead atoms. The van der Waals surface area contributed by atoms with E-state index in [2.05, 4.69) is 0 Å². The number of halogens is 1. The van der Waals surface area contributed by atoms with E-state index in [0.29, 0.717) is 0 Å². The maximum atomic E-state index is 0. The van der Waals surface area contributed by atoms with Gasteiger partial charge in [-0.2, -0.15) is 0 Å².